The lowest BCUT2D eigenvalue weighted by Crippen LogP contribution is -2.09. The molecule has 0 amide bonds. The Morgan fingerprint density at radius 3 is 0.935 bits per heavy atom. The molecule has 3 aromatic rings. The molecule has 0 atom stereocenters. The molecule has 31 heavy (non-hydrogen) atoms. The lowest BCUT2D eigenvalue weighted by molar-refractivity contribution is 1.27. The molecule has 0 spiro atoms. The first kappa shape index (κ1) is 21.8. The predicted octanol–water partition coefficient (Wildman–Crippen LogP) is 7.44. The molecular weight excluding hydrogens is 374 g/mol. The molecule has 1 heteroatoms. The number of nitrogens with zero attached hydrogens (tertiary/aromatic N) is 1. The third kappa shape index (κ3) is 6.06. The summed E-state index contributed by atoms with van der Waals surface area (Å²) in [7, 11) is 0. The standard InChI is InChI=1S/C30H27N/c1-4-7-10-25-13-19-28(20-14-25)31(29-21-15-26(16-22-29)11-8-5-2)30-23-17-27(18-24-30)12-9-6-3/h13-24H,4-6H2,1-3H3. The van der Waals surface area contributed by atoms with Gasteiger partial charge in [0.1, 0.15) is 0 Å². The van der Waals surface area contributed by atoms with E-state index < -0.39 is 0 Å². The molecule has 0 aromatic heterocycles. The molecule has 3 rings (SSSR count). The Kier molecular flexibility index (Phi) is 8.00. The van der Waals surface area contributed by atoms with E-state index >= 15 is 0 Å². The number of hydrogen-bond donors (Lipinski definition) is 0. The largest absolute Gasteiger partial charge is 0.311 e. The Hall–Kier alpha value is -3.86. The lowest BCUT2D eigenvalue weighted by Gasteiger charge is -2.25. The summed E-state index contributed by atoms with van der Waals surface area (Å²) in [5.41, 5.74) is 6.34. The molecule has 0 saturated heterocycles. The number of hydrogen-bond acceptors (Lipinski definition) is 1. The van der Waals surface area contributed by atoms with Gasteiger partial charge >= 0.3 is 0 Å². The van der Waals surface area contributed by atoms with E-state index in [1.807, 2.05) is 0 Å². The van der Waals surface area contributed by atoms with Crippen molar-refractivity contribution in [2.75, 3.05) is 4.90 Å². The van der Waals surface area contributed by atoms with Crippen molar-refractivity contribution in [1.82, 2.24) is 0 Å². The van der Waals surface area contributed by atoms with Crippen LogP contribution in [0.3, 0.4) is 0 Å². The second kappa shape index (κ2) is 11.4. The first-order valence-corrected chi connectivity index (χ1v) is 10.8. The zero-order valence-corrected chi connectivity index (χ0v) is 18.5. The number of anilines is 3. The maximum absolute atomic E-state index is 3.20. The van der Waals surface area contributed by atoms with E-state index in [1.165, 1.54) is 0 Å². The van der Waals surface area contributed by atoms with E-state index in [2.05, 4.69) is 134 Å². The summed E-state index contributed by atoms with van der Waals surface area (Å²) in [6.07, 6.45) is 2.57. The van der Waals surface area contributed by atoms with Crippen LogP contribution < -0.4 is 4.90 Å². The summed E-state index contributed by atoms with van der Waals surface area (Å²) in [6.45, 7) is 6.19. The predicted molar refractivity (Wildman–Crippen MR) is 133 cm³/mol. The van der Waals surface area contributed by atoms with Crippen LogP contribution in [-0.2, 0) is 0 Å². The molecule has 0 bridgehead atoms. The minimum absolute atomic E-state index is 0.856. The summed E-state index contributed by atoms with van der Waals surface area (Å²) >= 11 is 0. The molecule has 0 saturated carbocycles. The third-order valence-electron chi connectivity index (χ3n) is 4.61. The molecule has 0 aliphatic carbocycles. The Morgan fingerprint density at radius 2 is 0.710 bits per heavy atom. The van der Waals surface area contributed by atoms with E-state index in [1.54, 1.807) is 0 Å². The lowest BCUT2D eigenvalue weighted by atomic mass is 10.1. The molecule has 0 unspecified atom stereocenters. The fourth-order valence-corrected chi connectivity index (χ4v) is 3.10. The molecule has 0 heterocycles. The van der Waals surface area contributed by atoms with Crippen LogP contribution in [-0.4, -0.2) is 0 Å². The third-order valence-corrected chi connectivity index (χ3v) is 4.61. The second-order valence-corrected chi connectivity index (χ2v) is 6.94. The molecule has 1 nitrogen and oxygen atoms in total. The van der Waals surface area contributed by atoms with Gasteiger partial charge in [0, 0.05) is 53.0 Å². The van der Waals surface area contributed by atoms with Crippen molar-refractivity contribution in [3.8, 4) is 35.5 Å². The van der Waals surface area contributed by atoms with Crippen LogP contribution in [0.4, 0.5) is 17.1 Å². The smallest absolute Gasteiger partial charge is 0.0462 e. The number of benzene rings is 3. The molecule has 0 N–H and O–H groups in total. The fourth-order valence-electron chi connectivity index (χ4n) is 3.10. The van der Waals surface area contributed by atoms with Gasteiger partial charge in [0.15, 0.2) is 0 Å². The highest BCUT2D eigenvalue weighted by Crippen LogP contribution is 2.34. The van der Waals surface area contributed by atoms with Gasteiger partial charge in [-0.2, -0.15) is 0 Å². The normalized spacial score (nSPS) is 9.39. The van der Waals surface area contributed by atoms with Crippen LogP contribution in [0.5, 0.6) is 0 Å². The molecule has 3 aromatic carbocycles. The van der Waals surface area contributed by atoms with Crippen LogP contribution in [0.25, 0.3) is 0 Å². The Labute approximate surface area is 187 Å². The van der Waals surface area contributed by atoms with Gasteiger partial charge < -0.3 is 4.90 Å². The van der Waals surface area contributed by atoms with Crippen molar-refractivity contribution in [1.29, 1.82) is 0 Å². The van der Waals surface area contributed by atoms with Crippen LogP contribution >= 0.6 is 0 Å². The van der Waals surface area contributed by atoms with Gasteiger partial charge in [-0.05, 0) is 72.8 Å². The number of rotatable bonds is 3. The maximum Gasteiger partial charge on any atom is 0.0462 e. The summed E-state index contributed by atoms with van der Waals surface area (Å²) in [5.74, 6) is 19.0. The first-order chi connectivity index (χ1) is 15.2. The highest BCUT2D eigenvalue weighted by molar-refractivity contribution is 5.77. The summed E-state index contributed by atoms with van der Waals surface area (Å²) in [5, 5.41) is 0. The van der Waals surface area contributed by atoms with Crippen molar-refractivity contribution in [2.24, 2.45) is 0 Å². The van der Waals surface area contributed by atoms with Crippen molar-refractivity contribution >= 4 is 17.1 Å². The van der Waals surface area contributed by atoms with Crippen molar-refractivity contribution in [2.45, 2.75) is 40.0 Å². The van der Waals surface area contributed by atoms with Gasteiger partial charge in [-0.15, -0.1) is 0 Å². The molecule has 152 valence electrons. The van der Waals surface area contributed by atoms with Gasteiger partial charge in [-0.25, -0.2) is 0 Å². The molecule has 0 fully saturated rings. The monoisotopic (exact) mass is 401 g/mol. The minimum Gasteiger partial charge on any atom is -0.311 e. The van der Waals surface area contributed by atoms with E-state index in [0.717, 1.165) is 53.0 Å². The maximum atomic E-state index is 3.20. The first-order valence-electron chi connectivity index (χ1n) is 10.8. The highest BCUT2D eigenvalue weighted by atomic mass is 15.1. The molecule has 0 aliphatic rings. The quantitative estimate of drug-likeness (QED) is 0.412. The molecule has 0 aliphatic heterocycles. The van der Waals surface area contributed by atoms with Crippen LogP contribution in [0.15, 0.2) is 72.8 Å². The Morgan fingerprint density at radius 1 is 0.452 bits per heavy atom. The van der Waals surface area contributed by atoms with Crippen molar-refractivity contribution in [3.05, 3.63) is 89.5 Å². The van der Waals surface area contributed by atoms with E-state index in [0.29, 0.717) is 0 Å². The minimum atomic E-state index is 0.856. The molecular formula is C30H27N. The van der Waals surface area contributed by atoms with Gasteiger partial charge in [0.2, 0.25) is 0 Å². The zero-order chi connectivity index (χ0) is 21.9. The Bertz CT molecular complexity index is 1010. The van der Waals surface area contributed by atoms with E-state index in [-0.39, 0.29) is 0 Å². The molecule has 0 radical (unpaired) electrons. The average Bonchev–Trinajstić information content (AvgIpc) is 2.82. The fraction of sp³-hybridized carbons (Fsp3) is 0.200. The summed E-state index contributed by atoms with van der Waals surface area (Å²) in [6, 6.07) is 25.2. The van der Waals surface area contributed by atoms with Gasteiger partial charge in [-0.3, -0.25) is 0 Å². The zero-order valence-electron chi connectivity index (χ0n) is 18.5. The Balaban J connectivity index is 2.01. The van der Waals surface area contributed by atoms with Crippen molar-refractivity contribution in [3.63, 3.8) is 0 Å². The van der Waals surface area contributed by atoms with Crippen LogP contribution in [0.1, 0.15) is 56.7 Å². The summed E-state index contributed by atoms with van der Waals surface area (Å²) in [4.78, 5) is 2.24. The highest BCUT2D eigenvalue weighted by Gasteiger charge is 2.12. The van der Waals surface area contributed by atoms with Crippen LogP contribution in [0.2, 0.25) is 0 Å². The second-order valence-electron chi connectivity index (χ2n) is 6.94. The van der Waals surface area contributed by atoms with E-state index in [9.17, 15) is 0 Å². The summed E-state index contributed by atoms with van der Waals surface area (Å²) < 4.78 is 0. The van der Waals surface area contributed by atoms with Crippen molar-refractivity contribution < 1.29 is 0 Å². The van der Waals surface area contributed by atoms with E-state index in [4.69, 9.17) is 0 Å². The van der Waals surface area contributed by atoms with Crippen LogP contribution in [0, 0.1) is 35.5 Å². The topological polar surface area (TPSA) is 3.24 Å². The van der Waals surface area contributed by atoms with Gasteiger partial charge in [-0.1, -0.05) is 56.3 Å². The SMILES string of the molecule is CCC#Cc1ccc(N(c2ccc(C#CCC)cc2)c2ccc(C#CCC)cc2)cc1. The van der Waals surface area contributed by atoms with Gasteiger partial charge in [0.25, 0.3) is 0 Å². The van der Waals surface area contributed by atoms with Gasteiger partial charge in [0.05, 0.1) is 0 Å². The average molecular weight is 402 g/mol.